The van der Waals surface area contributed by atoms with Crippen LogP contribution in [0.2, 0.25) is 0 Å². The molecular weight excluding hydrogens is 334 g/mol. The monoisotopic (exact) mass is 367 g/mol. The van der Waals surface area contributed by atoms with Crippen molar-refractivity contribution in [1.82, 2.24) is 4.98 Å². The number of phenolic OH excluding ortho intramolecular Hbond substituents is 2. The lowest BCUT2D eigenvalue weighted by molar-refractivity contribution is 0.0501. The molecule has 146 valence electrons. The maximum absolute atomic E-state index is 10.4. The SMILES string of the molecule is Cc1c(O)c(O)cc2c3c([nH]c12)C(C1CC1)CC[C@@H]1C(C)(C)CCC[C@@]31C. The summed E-state index contributed by atoms with van der Waals surface area (Å²) in [5.74, 6) is 2.12. The van der Waals surface area contributed by atoms with Gasteiger partial charge in [-0.25, -0.2) is 0 Å². The van der Waals surface area contributed by atoms with Crippen molar-refractivity contribution in [3.63, 3.8) is 0 Å². The van der Waals surface area contributed by atoms with Crippen LogP contribution in [0.5, 0.6) is 11.5 Å². The molecule has 3 atom stereocenters. The molecule has 1 aromatic heterocycles. The molecule has 2 fully saturated rings. The number of fused-ring (bicyclic) bond motifs is 5. The number of hydrogen-bond acceptors (Lipinski definition) is 2. The Morgan fingerprint density at radius 1 is 1.04 bits per heavy atom. The summed E-state index contributed by atoms with van der Waals surface area (Å²) >= 11 is 0. The van der Waals surface area contributed by atoms with E-state index in [1.165, 1.54) is 56.2 Å². The zero-order valence-electron chi connectivity index (χ0n) is 17.2. The van der Waals surface area contributed by atoms with Gasteiger partial charge in [-0.05, 0) is 79.7 Å². The highest BCUT2D eigenvalue weighted by Gasteiger charge is 2.52. The third kappa shape index (κ3) is 2.33. The molecule has 1 aromatic carbocycles. The van der Waals surface area contributed by atoms with E-state index in [-0.39, 0.29) is 16.9 Å². The molecule has 3 aliphatic rings. The number of aryl methyl sites for hydroxylation is 1. The molecule has 0 radical (unpaired) electrons. The molecule has 0 saturated heterocycles. The zero-order valence-corrected chi connectivity index (χ0v) is 17.2. The lowest BCUT2D eigenvalue weighted by Gasteiger charge is -2.51. The molecule has 27 heavy (non-hydrogen) atoms. The van der Waals surface area contributed by atoms with Crippen LogP contribution in [-0.2, 0) is 5.41 Å². The number of aromatic amines is 1. The van der Waals surface area contributed by atoms with Crippen LogP contribution in [0.1, 0.15) is 88.5 Å². The van der Waals surface area contributed by atoms with Crippen LogP contribution in [-0.4, -0.2) is 15.2 Å². The first kappa shape index (κ1) is 17.5. The fraction of sp³-hybridized carbons (Fsp3) is 0.667. The predicted octanol–water partition coefficient (Wildman–Crippen LogP) is 6.26. The molecule has 2 aromatic rings. The molecule has 3 heteroatoms. The highest BCUT2D eigenvalue weighted by atomic mass is 16.3. The van der Waals surface area contributed by atoms with Gasteiger partial charge in [-0.15, -0.1) is 0 Å². The van der Waals surface area contributed by atoms with Crippen molar-refractivity contribution < 1.29 is 10.2 Å². The molecule has 0 aliphatic heterocycles. The second-order valence-electron chi connectivity index (χ2n) is 10.5. The third-order valence-corrected chi connectivity index (χ3v) is 8.45. The minimum atomic E-state index is 0.0178. The number of aromatic hydroxyl groups is 2. The van der Waals surface area contributed by atoms with Gasteiger partial charge in [0.2, 0.25) is 0 Å². The average molecular weight is 368 g/mol. The minimum Gasteiger partial charge on any atom is -0.504 e. The van der Waals surface area contributed by atoms with Gasteiger partial charge in [0.1, 0.15) is 0 Å². The van der Waals surface area contributed by atoms with E-state index in [1.807, 2.05) is 13.0 Å². The first-order valence-corrected chi connectivity index (χ1v) is 10.8. The molecule has 0 spiro atoms. The molecule has 2 saturated carbocycles. The number of benzene rings is 1. The third-order valence-electron chi connectivity index (χ3n) is 8.45. The lowest BCUT2D eigenvalue weighted by Crippen LogP contribution is -2.44. The van der Waals surface area contributed by atoms with E-state index in [1.54, 1.807) is 0 Å². The van der Waals surface area contributed by atoms with Crippen LogP contribution in [0.25, 0.3) is 10.9 Å². The van der Waals surface area contributed by atoms with Gasteiger partial charge in [0.15, 0.2) is 11.5 Å². The molecule has 3 N–H and O–H groups in total. The van der Waals surface area contributed by atoms with Gasteiger partial charge in [-0.2, -0.15) is 0 Å². The number of hydrogen-bond donors (Lipinski definition) is 3. The van der Waals surface area contributed by atoms with Crippen molar-refractivity contribution in [2.45, 2.75) is 84.0 Å². The Labute approximate surface area is 162 Å². The Morgan fingerprint density at radius 2 is 1.78 bits per heavy atom. The summed E-state index contributed by atoms with van der Waals surface area (Å²) in [6, 6.07) is 1.83. The number of phenols is 2. The average Bonchev–Trinajstić information content (AvgIpc) is 3.37. The maximum atomic E-state index is 10.4. The molecule has 3 nitrogen and oxygen atoms in total. The first-order chi connectivity index (χ1) is 12.7. The van der Waals surface area contributed by atoms with Crippen molar-refractivity contribution >= 4 is 10.9 Å². The van der Waals surface area contributed by atoms with E-state index in [4.69, 9.17) is 0 Å². The Balaban J connectivity index is 1.83. The van der Waals surface area contributed by atoms with Gasteiger partial charge in [0, 0.05) is 22.6 Å². The van der Waals surface area contributed by atoms with Gasteiger partial charge in [0.25, 0.3) is 0 Å². The Bertz CT molecular complexity index is 920. The molecule has 3 aliphatic carbocycles. The molecule has 5 rings (SSSR count). The molecular formula is C24H33NO2. The van der Waals surface area contributed by atoms with Crippen molar-refractivity contribution in [3.8, 4) is 11.5 Å². The van der Waals surface area contributed by atoms with Crippen LogP contribution in [0.15, 0.2) is 6.07 Å². The molecule has 1 heterocycles. The van der Waals surface area contributed by atoms with Gasteiger partial charge >= 0.3 is 0 Å². The summed E-state index contributed by atoms with van der Waals surface area (Å²) < 4.78 is 0. The van der Waals surface area contributed by atoms with E-state index >= 15 is 0 Å². The zero-order chi connectivity index (χ0) is 19.1. The summed E-state index contributed by atoms with van der Waals surface area (Å²) in [6.07, 6.45) is 9.06. The van der Waals surface area contributed by atoms with Gasteiger partial charge in [-0.1, -0.05) is 27.2 Å². The van der Waals surface area contributed by atoms with Crippen LogP contribution in [0.3, 0.4) is 0 Å². The number of nitrogens with one attached hydrogen (secondary N) is 1. The fourth-order valence-electron chi connectivity index (χ4n) is 6.97. The summed E-state index contributed by atoms with van der Waals surface area (Å²) in [5.41, 5.74) is 5.18. The lowest BCUT2D eigenvalue weighted by atomic mass is 9.53. The van der Waals surface area contributed by atoms with Crippen LogP contribution in [0, 0.1) is 24.2 Å². The first-order valence-electron chi connectivity index (χ1n) is 10.8. The fourth-order valence-corrected chi connectivity index (χ4v) is 6.97. The van der Waals surface area contributed by atoms with Crippen LogP contribution in [0.4, 0.5) is 0 Å². The summed E-state index contributed by atoms with van der Waals surface area (Å²) in [6.45, 7) is 9.34. The van der Waals surface area contributed by atoms with Crippen molar-refractivity contribution in [1.29, 1.82) is 0 Å². The van der Waals surface area contributed by atoms with Crippen molar-refractivity contribution in [2.24, 2.45) is 17.3 Å². The summed E-state index contributed by atoms with van der Waals surface area (Å²) in [5, 5.41) is 21.9. The topological polar surface area (TPSA) is 56.2 Å². The van der Waals surface area contributed by atoms with E-state index in [0.717, 1.165) is 22.4 Å². The normalized spacial score (nSPS) is 32.7. The van der Waals surface area contributed by atoms with Crippen molar-refractivity contribution in [3.05, 3.63) is 22.9 Å². The summed E-state index contributed by atoms with van der Waals surface area (Å²) in [4.78, 5) is 3.78. The standard InChI is InChI=1S/C24H33NO2/c1-13-20-16(12-17(26)22(13)27)19-21(25-20)15(14-6-7-14)8-9-18-23(2,3)10-5-11-24(18,19)4/h12,14-15,18,25-27H,5-11H2,1-4H3/t15?,18-,24-/m1/s1. The van der Waals surface area contributed by atoms with Gasteiger partial charge in [-0.3, -0.25) is 0 Å². The van der Waals surface area contributed by atoms with E-state index in [0.29, 0.717) is 17.3 Å². The quantitative estimate of drug-likeness (QED) is 0.521. The number of H-pyrrole nitrogens is 1. The van der Waals surface area contributed by atoms with E-state index in [9.17, 15) is 10.2 Å². The highest BCUT2D eigenvalue weighted by Crippen LogP contribution is 2.61. The van der Waals surface area contributed by atoms with Gasteiger partial charge in [0.05, 0.1) is 5.52 Å². The Kier molecular flexibility index (Phi) is 3.53. The molecule has 0 bridgehead atoms. The Morgan fingerprint density at radius 3 is 2.48 bits per heavy atom. The summed E-state index contributed by atoms with van der Waals surface area (Å²) in [7, 11) is 0. The smallest absolute Gasteiger partial charge is 0.162 e. The van der Waals surface area contributed by atoms with Crippen LogP contribution >= 0.6 is 0 Å². The minimum absolute atomic E-state index is 0.0178. The maximum Gasteiger partial charge on any atom is 0.162 e. The van der Waals surface area contributed by atoms with E-state index < -0.39 is 0 Å². The number of rotatable bonds is 1. The van der Waals surface area contributed by atoms with E-state index in [2.05, 4.69) is 25.8 Å². The largest absolute Gasteiger partial charge is 0.504 e. The van der Waals surface area contributed by atoms with Crippen LogP contribution < -0.4 is 0 Å². The molecule has 0 amide bonds. The highest BCUT2D eigenvalue weighted by molar-refractivity contribution is 5.92. The second kappa shape index (κ2) is 5.46. The number of aromatic nitrogens is 1. The van der Waals surface area contributed by atoms with Crippen molar-refractivity contribution in [2.75, 3.05) is 0 Å². The Hall–Kier alpha value is -1.64. The van der Waals surface area contributed by atoms with Gasteiger partial charge < -0.3 is 15.2 Å². The predicted molar refractivity (Wildman–Crippen MR) is 110 cm³/mol. The molecule has 1 unspecified atom stereocenters. The second-order valence-corrected chi connectivity index (χ2v) is 10.5.